The van der Waals surface area contributed by atoms with E-state index in [4.69, 9.17) is 0 Å². The highest BCUT2D eigenvalue weighted by Crippen LogP contribution is 2.11. The molecule has 0 unspecified atom stereocenters. The number of H-pyrrole nitrogens is 1. The van der Waals surface area contributed by atoms with Crippen molar-refractivity contribution in [2.75, 3.05) is 6.54 Å². The van der Waals surface area contributed by atoms with Crippen LogP contribution < -0.4 is 10.0 Å². The lowest BCUT2D eigenvalue weighted by atomic mass is 10.4. The van der Waals surface area contributed by atoms with Gasteiger partial charge in [-0.3, -0.25) is 0 Å². The van der Waals surface area contributed by atoms with Crippen molar-refractivity contribution >= 4 is 10.0 Å². The van der Waals surface area contributed by atoms with E-state index in [-0.39, 0.29) is 11.4 Å². The van der Waals surface area contributed by atoms with Crippen molar-refractivity contribution in [3.05, 3.63) is 42.2 Å². The Morgan fingerprint density at radius 1 is 1.33 bits per heavy atom. The third kappa shape index (κ3) is 4.62. The van der Waals surface area contributed by atoms with E-state index in [1.54, 1.807) is 18.3 Å². The summed E-state index contributed by atoms with van der Waals surface area (Å²) >= 11 is 0. The quantitative estimate of drug-likeness (QED) is 0.626. The van der Waals surface area contributed by atoms with Crippen LogP contribution in [0.5, 0.6) is 0 Å². The van der Waals surface area contributed by atoms with Crippen LogP contribution in [-0.4, -0.2) is 29.9 Å². The zero-order valence-electron chi connectivity index (χ0n) is 11.8. The maximum absolute atomic E-state index is 12.2. The third-order valence-electron chi connectivity index (χ3n) is 2.86. The molecule has 114 valence electrons. The van der Waals surface area contributed by atoms with Crippen LogP contribution in [0.15, 0.2) is 35.7 Å². The molecule has 2 aromatic rings. The van der Waals surface area contributed by atoms with Gasteiger partial charge in [0.05, 0.1) is 17.1 Å². The molecule has 0 bridgehead atoms. The smallest absolute Gasteiger partial charge is 0.242 e. The number of aromatic amines is 1. The molecule has 0 aromatic carbocycles. The molecule has 0 spiro atoms. The molecule has 21 heavy (non-hydrogen) atoms. The van der Waals surface area contributed by atoms with Gasteiger partial charge in [0, 0.05) is 24.6 Å². The first-order chi connectivity index (χ1) is 10.1. The third-order valence-corrected chi connectivity index (χ3v) is 4.24. The van der Waals surface area contributed by atoms with Gasteiger partial charge in [-0.1, -0.05) is 6.92 Å². The van der Waals surface area contributed by atoms with E-state index >= 15 is 0 Å². The molecule has 8 heteroatoms. The van der Waals surface area contributed by atoms with Crippen LogP contribution in [0.2, 0.25) is 0 Å². The maximum atomic E-state index is 12.2. The first-order valence-electron chi connectivity index (χ1n) is 6.74. The van der Waals surface area contributed by atoms with E-state index in [2.05, 4.69) is 31.9 Å². The SMILES string of the molecule is CCCNCc1cc(S(=O)(=O)NCc2ccncn2)c[nH]1. The highest BCUT2D eigenvalue weighted by molar-refractivity contribution is 7.89. The Balaban J connectivity index is 1.96. The normalized spacial score (nSPS) is 11.7. The average Bonchev–Trinajstić information content (AvgIpc) is 2.96. The molecular weight excluding hydrogens is 290 g/mol. The lowest BCUT2D eigenvalue weighted by molar-refractivity contribution is 0.580. The molecule has 0 atom stereocenters. The molecule has 0 aliphatic rings. The van der Waals surface area contributed by atoms with Crippen molar-refractivity contribution in [1.29, 1.82) is 0 Å². The second-order valence-electron chi connectivity index (χ2n) is 4.56. The molecule has 0 radical (unpaired) electrons. The summed E-state index contributed by atoms with van der Waals surface area (Å²) in [4.78, 5) is 10.9. The number of rotatable bonds is 8. The fourth-order valence-electron chi connectivity index (χ4n) is 1.75. The molecule has 0 fully saturated rings. The molecule has 0 saturated carbocycles. The monoisotopic (exact) mass is 309 g/mol. The topological polar surface area (TPSA) is 99.8 Å². The number of sulfonamides is 1. The van der Waals surface area contributed by atoms with Crippen LogP contribution in [-0.2, 0) is 23.1 Å². The van der Waals surface area contributed by atoms with Gasteiger partial charge in [0.1, 0.15) is 6.33 Å². The summed E-state index contributed by atoms with van der Waals surface area (Å²) in [6.45, 7) is 3.73. The van der Waals surface area contributed by atoms with Crippen LogP contribution in [0, 0.1) is 0 Å². The summed E-state index contributed by atoms with van der Waals surface area (Å²) in [5.41, 5.74) is 1.46. The summed E-state index contributed by atoms with van der Waals surface area (Å²) in [5.74, 6) is 0. The second kappa shape index (κ2) is 7.30. The lowest BCUT2D eigenvalue weighted by Gasteiger charge is -2.04. The Morgan fingerprint density at radius 3 is 2.90 bits per heavy atom. The molecule has 7 nitrogen and oxygen atoms in total. The molecule has 2 rings (SSSR count). The van der Waals surface area contributed by atoms with Gasteiger partial charge in [0.15, 0.2) is 0 Å². The summed E-state index contributed by atoms with van der Waals surface area (Å²) in [5, 5.41) is 3.21. The Bertz CT molecular complexity index is 654. The Kier molecular flexibility index (Phi) is 5.43. The molecule has 0 saturated heterocycles. The van der Waals surface area contributed by atoms with Gasteiger partial charge in [0.25, 0.3) is 0 Å². The summed E-state index contributed by atoms with van der Waals surface area (Å²) < 4.78 is 26.8. The molecule has 0 amide bonds. The standard InChI is InChI=1S/C13H19N5O2S/c1-2-4-14-7-12-6-13(9-16-12)21(19,20)18-8-11-3-5-15-10-17-11/h3,5-6,9-10,14,16,18H,2,4,7-8H2,1H3. The Morgan fingerprint density at radius 2 is 2.19 bits per heavy atom. The second-order valence-corrected chi connectivity index (χ2v) is 6.33. The first kappa shape index (κ1) is 15.6. The van der Waals surface area contributed by atoms with Crippen LogP contribution in [0.4, 0.5) is 0 Å². The molecule has 3 N–H and O–H groups in total. The predicted octanol–water partition coefficient (Wildman–Crippen LogP) is 0.783. The summed E-state index contributed by atoms with van der Waals surface area (Å²) in [6.07, 6.45) is 5.49. The van der Waals surface area contributed by atoms with Crippen molar-refractivity contribution in [3.63, 3.8) is 0 Å². The minimum Gasteiger partial charge on any atom is -0.363 e. The zero-order valence-corrected chi connectivity index (χ0v) is 12.7. The molecule has 2 heterocycles. The predicted molar refractivity (Wildman–Crippen MR) is 78.8 cm³/mol. The van der Waals surface area contributed by atoms with Gasteiger partial charge < -0.3 is 10.3 Å². The molecule has 0 aliphatic carbocycles. The van der Waals surface area contributed by atoms with E-state index in [1.165, 1.54) is 12.5 Å². The van der Waals surface area contributed by atoms with Gasteiger partial charge in [-0.25, -0.2) is 23.1 Å². The van der Waals surface area contributed by atoms with Crippen molar-refractivity contribution in [3.8, 4) is 0 Å². The maximum Gasteiger partial charge on any atom is 0.242 e. The van der Waals surface area contributed by atoms with Crippen molar-refractivity contribution < 1.29 is 8.42 Å². The highest BCUT2D eigenvalue weighted by atomic mass is 32.2. The molecular formula is C13H19N5O2S. The number of hydrogen-bond acceptors (Lipinski definition) is 5. The fraction of sp³-hybridized carbons (Fsp3) is 0.385. The van der Waals surface area contributed by atoms with Crippen molar-refractivity contribution in [2.45, 2.75) is 31.3 Å². The minimum absolute atomic E-state index is 0.138. The van der Waals surface area contributed by atoms with Gasteiger partial charge >= 0.3 is 0 Å². The summed E-state index contributed by atoms with van der Waals surface area (Å²) in [6, 6.07) is 3.30. The van der Waals surface area contributed by atoms with Gasteiger partial charge in [-0.05, 0) is 25.1 Å². The van der Waals surface area contributed by atoms with Crippen LogP contribution in [0.3, 0.4) is 0 Å². The number of hydrogen-bond donors (Lipinski definition) is 3. The van der Waals surface area contributed by atoms with E-state index in [1.807, 2.05) is 0 Å². The van der Waals surface area contributed by atoms with Crippen LogP contribution >= 0.6 is 0 Å². The minimum atomic E-state index is -3.54. The number of aromatic nitrogens is 3. The average molecular weight is 309 g/mol. The lowest BCUT2D eigenvalue weighted by Crippen LogP contribution is -2.23. The highest BCUT2D eigenvalue weighted by Gasteiger charge is 2.15. The van der Waals surface area contributed by atoms with Crippen LogP contribution in [0.25, 0.3) is 0 Å². The van der Waals surface area contributed by atoms with Crippen LogP contribution in [0.1, 0.15) is 24.7 Å². The first-order valence-corrected chi connectivity index (χ1v) is 8.22. The van der Waals surface area contributed by atoms with Crippen molar-refractivity contribution in [2.24, 2.45) is 0 Å². The number of nitrogens with one attached hydrogen (secondary N) is 3. The van der Waals surface area contributed by atoms with E-state index in [9.17, 15) is 8.42 Å². The van der Waals surface area contributed by atoms with Gasteiger partial charge in [-0.15, -0.1) is 0 Å². The van der Waals surface area contributed by atoms with E-state index < -0.39 is 10.0 Å². The Hall–Kier alpha value is -1.77. The van der Waals surface area contributed by atoms with E-state index in [0.717, 1.165) is 18.7 Å². The largest absolute Gasteiger partial charge is 0.363 e. The summed E-state index contributed by atoms with van der Waals surface area (Å²) in [7, 11) is -3.54. The number of nitrogens with zero attached hydrogens (tertiary/aromatic N) is 2. The molecule has 0 aliphatic heterocycles. The zero-order chi connectivity index (χ0) is 15.1. The fourth-order valence-corrected chi connectivity index (χ4v) is 2.77. The van der Waals surface area contributed by atoms with E-state index in [0.29, 0.717) is 12.2 Å². The van der Waals surface area contributed by atoms with Crippen molar-refractivity contribution in [1.82, 2.24) is 25.0 Å². The Labute approximate surface area is 124 Å². The van der Waals surface area contributed by atoms with Gasteiger partial charge in [0.2, 0.25) is 10.0 Å². The molecule has 2 aromatic heterocycles. The van der Waals surface area contributed by atoms with Gasteiger partial charge in [-0.2, -0.15) is 0 Å².